The van der Waals surface area contributed by atoms with Crippen molar-refractivity contribution >= 4 is 47.3 Å². The van der Waals surface area contributed by atoms with Crippen LogP contribution >= 0.6 is 24.8 Å². The SMILES string of the molecule is Cl.Cl.O=C(Nc1ccc2c(c1F)CCNC2)c1cc(C2CC2)nc2ccc(F)cc12. The first kappa shape index (κ1) is 22.4. The fourth-order valence-electron chi connectivity index (χ4n) is 3.81. The van der Waals surface area contributed by atoms with Crippen molar-refractivity contribution < 1.29 is 13.6 Å². The normalized spacial score (nSPS) is 15.0. The highest BCUT2D eigenvalue weighted by atomic mass is 35.5. The van der Waals surface area contributed by atoms with Gasteiger partial charge in [-0.3, -0.25) is 9.78 Å². The zero-order chi connectivity index (χ0) is 19.3. The molecule has 0 spiro atoms. The van der Waals surface area contributed by atoms with E-state index in [4.69, 9.17) is 0 Å². The van der Waals surface area contributed by atoms with Crippen molar-refractivity contribution in [2.75, 3.05) is 11.9 Å². The van der Waals surface area contributed by atoms with Crippen LogP contribution in [-0.4, -0.2) is 17.4 Å². The minimum atomic E-state index is -0.451. The largest absolute Gasteiger partial charge is 0.319 e. The number of nitrogens with one attached hydrogen (secondary N) is 2. The van der Waals surface area contributed by atoms with Crippen molar-refractivity contribution in [1.82, 2.24) is 10.3 Å². The molecule has 1 fully saturated rings. The highest BCUT2D eigenvalue weighted by Gasteiger charge is 2.27. The summed E-state index contributed by atoms with van der Waals surface area (Å²) >= 11 is 0. The van der Waals surface area contributed by atoms with Gasteiger partial charge in [0.1, 0.15) is 11.6 Å². The Bertz CT molecular complexity index is 1120. The lowest BCUT2D eigenvalue weighted by molar-refractivity contribution is 0.102. The van der Waals surface area contributed by atoms with Crippen LogP contribution in [0.5, 0.6) is 0 Å². The first-order chi connectivity index (χ1) is 13.6. The van der Waals surface area contributed by atoms with Crippen LogP contribution in [-0.2, 0) is 13.0 Å². The van der Waals surface area contributed by atoms with Crippen LogP contribution in [0.15, 0.2) is 36.4 Å². The molecule has 1 aromatic heterocycles. The molecule has 2 aliphatic rings. The maximum absolute atomic E-state index is 14.9. The number of halogens is 4. The Morgan fingerprint density at radius 2 is 1.90 bits per heavy atom. The van der Waals surface area contributed by atoms with E-state index in [1.165, 1.54) is 12.1 Å². The Morgan fingerprint density at radius 1 is 1.10 bits per heavy atom. The minimum absolute atomic E-state index is 0. The van der Waals surface area contributed by atoms with E-state index in [1.807, 2.05) is 6.07 Å². The zero-order valence-electron chi connectivity index (χ0n) is 16.0. The third kappa shape index (κ3) is 4.13. The second kappa shape index (κ2) is 8.84. The molecule has 2 heterocycles. The van der Waals surface area contributed by atoms with Crippen LogP contribution in [0.25, 0.3) is 10.9 Å². The summed E-state index contributed by atoms with van der Waals surface area (Å²) in [5.41, 5.74) is 3.44. The predicted octanol–water partition coefficient (Wildman–Crippen LogP) is 5.13. The number of amides is 1. The van der Waals surface area contributed by atoms with E-state index in [1.54, 1.807) is 18.2 Å². The number of rotatable bonds is 3. The highest BCUT2D eigenvalue weighted by Crippen LogP contribution is 2.40. The summed E-state index contributed by atoms with van der Waals surface area (Å²) in [6, 6.07) is 9.37. The van der Waals surface area contributed by atoms with Crippen LogP contribution in [0.1, 0.15) is 45.9 Å². The molecule has 1 saturated carbocycles. The molecule has 3 aromatic rings. The van der Waals surface area contributed by atoms with Crippen LogP contribution in [0.4, 0.5) is 14.5 Å². The van der Waals surface area contributed by atoms with Gasteiger partial charge in [-0.05, 0) is 67.3 Å². The van der Waals surface area contributed by atoms with Gasteiger partial charge in [-0.1, -0.05) is 6.07 Å². The molecule has 0 unspecified atom stereocenters. The van der Waals surface area contributed by atoms with E-state index in [0.29, 0.717) is 47.5 Å². The molecule has 0 atom stereocenters. The molecule has 2 aromatic carbocycles. The second-order valence-corrected chi connectivity index (χ2v) is 7.48. The molecule has 5 rings (SSSR count). The molecule has 8 heteroatoms. The summed E-state index contributed by atoms with van der Waals surface area (Å²) in [6.45, 7) is 1.33. The topological polar surface area (TPSA) is 54.0 Å². The van der Waals surface area contributed by atoms with Gasteiger partial charge in [0, 0.05) is 23.5 Å². The number of fused-ring (bicyclic) bond motifs is 2. The molecular formula is C22H21Cl2F2N3O. The Balaban J connectivity index is 0.00000128. The molecule has 30 heavy (non-hydrogen) atoms. The van der Waals surface area contributed by atoms with Crippen molar-refractivity contribution in [2.24, 2.45) is 0 Å². The van der Waals surface area contributed by atoms with Gasteiger partial charge >= 0.3 is 0 Å². The standard InChI is InChI=1S/C22H19F2N3O.2ClH/c23-14-4-6-18-16(9-14)17(10-20(26-18)12-1-2-12)22(28)27-19-5-3-13-11-25-8-7-15(13)21(19)24;;/h3-6,9-10,12,25H,1-2,7-8,11H2,(H,27,28);2*1H. The number of nitrogens with zero attached hydrogens (tertiary/aromatic N) is 1. The summed E-state index contributed by atoms with van der Waals surface area (Å²) in [5, 5.41) is 6.33. The maximum atomic E-state index is 14.9. The van der Waals surface area contributed by atoms with Gasteiger partial charge in [0.25, 0.3) is 5.91 Å². The molecule has 0 radical (unpaired) electrons. The molecule has 1 aliphatic carbocycles. The number of hydrogen-bond acceptors (Lipinski definition) is 3. The van der Waals surface area contributed by atoms with Crippen LogP contribution in [0.3, 0.4) is 0 Å². The van der Waals surface area contributed by atoms with E-state index in [0.717, 1.165) is 24.1 Å². The average Bonchev–Trinajstić information content (AvgIpc) is 3.55. The van der Waals surface area contributed by atoms with Gasteiger partial charge < -0.3 is 10.6 Å². The lowest BCUT2D eigenvalue weighted by Crippen LogP contribution is -2.25. The van der Waals surface area contributed by atoms with Crippen LogP contribution in [0, 0.1) is 11.6 Å². The van der Waals surface area contributed by atoms with E-state index in [-0.39, 0.29) is 36.3 Å². The first-order valence-corrected chi connectivity index (χ1v) is 9.52. The number of aromatic nitrogens is 1. The minimum Gasteiger partial charge on any atom is -0.319 e. The molecule has 2 N–H and O–H groups in total. The van der Waals surface area contributed by atoms with E-state index in [9.17, 15) is 13.6 Å². The monoisotopic (exact) mass is 451 g/mol. The van der Waals surface area contributed by atoms with Crippen molar-refractivity contribution in [3.8, 4) is 0 Å². The van der Waals surface area contributed by atoms with Crippen molar-refractivity contribution in [1.29, 1.82) is 0 Å². The molecular weight excluding hydrogens is 431 g/mol. The molecule has 4 nitrogen and oxygen atoms in total. The summed E-state index contributed by atoms with van der Waals surface area (Å²) in [4.78, 5) is 17.6. The number of benzene rings is 2. The highest BCUT2D eigenvalue weighted by molar-refractivity contribution is 6.12. The van der Waals surface area contributed by atoms with Crippen molar-refractivity contribution in [3.05, 3.63) is 70.4 Å². The smallest absolute Gasteiger partial charge is 0.256 e. The summed E-state index contributed by atoms with van der Waals surface area (Å²) in [7, 11) is 0. The molecule has 0 saturated heterocycles. The Labute approximate surface area is 185 Å². The lowest BCUT2D eigenvalue weighted by atomic mass is 9.99. The Kier molecular flexibility index (Phi) is 6.60. The summed E-state index contributed by atoms with van der Waals surface area (Å²) in [5.74, 6) is -0.934. The van der Waals surface area contributed by atoms with E-state index < -0.39 is 11.7 Å². The van der Waals surface area contributed by atoms with Crippen molar-refractivity contribution in [3.63, 3.8) is 0 Å². The van der Waals surface area contributed by atoms with Gasteiger partial charge in [-0.15, -0.1) is 24.8 Å². The summed E-state index contributed by atoms with van der Waals surface area (Å²) < 4.78 is 28.7. The molecule has 1 amide bonds. The van der Waals surface area contributed by atoms with Gasteiger partial charge in [-0.2, -0.15) is 0 Å². The number of anilines is 1. The van der Waals surface area contributed by atoms with Crippen LogP contribution in [0.2, 0.25) is 0 Å². The van der Waals surface area contributed by atoms with Gasteiger partial charge in [0.2, 0.25) is 0 Å². The predicted molar refractivity (Wildman–Crippen MR) is 118 cm³/mol. The average molecular weight is 452 g/mol. The fourth-order valence-corrected chi connectivity index (χ4v) is 3.81. The van der Waals surface area contributed by atoms with E-state index >= 15 is 0 Å². The molecule has 158 valence electrons. The zero-order valence-corrected chi connectivity index (χ0v) is 17.6. The summed E-state index contributed by atoms with van der Waals surface area (Å²) in [6.07, 6.45) is 2.66. The quantitative estimate of drug-likeness (QED) is 0.579. The van der Waals surface area contributed by atoms with Crippen molar-refractivity contribution in [2.45, 2.75) is 31.7 Å². The number of carbonyl (C=O) groups is 1. The number of pyridine rings is 1. The maximum Gasteiger partial charge on any atom is 0.256 e. The van der Waals surface area contributed by atoms with Crippen LogP contribution < -0.4 is 10.6 Å². The first-order valence-electron chi connectivity index (χ1n) is 9.52. The number of carbonyl (C=O) groups excluding carboxylic acids is 1. The third-order valence-corrected chi connectivity index (χ3v) is 5.49. The fraction of sp³-hybridized carbons (Fsp3) is 0.273. The third-order valence-electron chi connectivity index (χ3n) is 5.49. The lowest BCUT2D eigenvalue weighted by Gasteiger charge is -2.19. The van der Waals surface area contributed by atoms with Gasteiger partial charge in [0.15, 0.2) is 0 Å². The van der Waals surface area contributed by atoms with E-state index in [2.05, 4.69) is 15.6 Å². The Hall–Kier alpha value is -2.28. The second-order valence-electron chi connectivity index (χ2n) is 7.48. The Morgan fingerprint density at radius 3 is 2.67 bits per heavy atom. The van der Waals surface area contributed by atoms with Gasteiger partial charge in [0.05, 0.1) is 16.8 Å². The molecule has 1 aliphatic heterocycles. The molecule has 0 bridgehead atoms. The van der Waals surface area contributed by atoms with Gasteiger partial charge in [-0.25, -0.2) is 8.78 Å². The number of hydrogen-bond donors (Lipinski definition) is 2.